The van der Waals surface area contributed by atoms with Crippen molar-refractivity contribution in [3.05, 3.63) is 36.5 Å². The van der Waals surface area contributed by atoms with Crippen molar-refractivity contribution in [2.24, 2.45) is 0 Å². The predicted molar refractivity (Wildman–Crippen MR) is 61.8 cm³/mol. The lowest BCUT2D eigenvalue weighted by atomic mass is 10.2. The Morgan fingerprint density at radius 1 is 1.29 bits per heavy atom. The van der Waals surface area contributed by atoms with Gasteiger partial charge < -0.3 is 5.32 Å². The number of pyridine rings is 1. The van der Waals surface area contributed by atoms with Crippen LogP contribution in [0.1, 0.15) is 24.2 Å². The van der Waals surface area contributed by atoms with Gasteiger partial charge in [-0.1, -0.05) is 0 Å². The molecule has 0 bridgehead atoms. The average Bonchev–Trinajstić information content (AvgIpc) is 2.82. The molecule has 17 heavy (non-hydrogen) atoms. The molecule has 2 rings (SSSR count). The zero-order chi connectivity index (χ0) is 12.3. The number of hydrogen-bond acceptors (Lipinski definition) is 4. The van der Waals surface area contributed by atoms with Crippen molar-refractivity contribution in [2.75, 3.05) is 0 Å². The molecule has 2 aromatic heterocycles. The third-order valence-corrected chi connectivity index (χ3v) is 2.11. The van der Waals surface area contributed by atoms with Gasteiger partial charge in [-0.15, -0.1) is 10.2 Å². The van der Waals surface area contributed by atoms with Crippen LogP contribution in [0.2, 0.25) is 0 Å². The molecule has 6 nitrogen and oxygen atoms in total. The summed E-state index contributed by atoms with van der Waals surface area (Å²) in [7, 11) is 0. The molecular weight excluding hydrogens is 218 g/mol. The highest BCUT2D eigenvalue weighted by Crippen LogP contribution is 2.04. The second kappa shape index (κ2) is 4.73. The zero-order valence-electron chi connectivity index (χ0n) is 9.66. The van der Waals surface area contributed by atoms with Crippen LogP contribution in [0.15, 0.2) is 31.0 Å². The summed E-state index contributed by atoms with van der Waals surface area (Å²) in [4.78, 5) is 15.8. The lowest BCUT2D eigenvalue weighted by Crippen LogP contribution is -2.30. The van der Waals surface area contributed by atoms with Crippen molar-refractivity contribution < 1.29 is 4.79 Å². The van der Waals surface area contributed by atoms with Crippen LogP contribution in [0, 0.1) is 0 Å². The van der Waals surface area contributed by atoms with Crippen LogP contribution in [0.5, 0.6) is 0 Å². The number of aromatic nitrogens is 4. The Morgan fingerprint density at radius 3 is 2.53 bits per heavy atom. The monoisotopic (exact) mass is 231 g/mol. The van der Waals surface area contributed by atoms with Gasteiger partial charge in [0.1, 0.15) is 18.5 Å². The fraction of sp³-hybridized carbons (Fsp3) is 0.273. The van der Waals surface area contributed by atoms with Gasteiger partial charge in [-0.05, 0) is 26.0 Å². The van der Waals surface area contributed by atoms with Gasteiger partial charge in [0.2, 0.25) is 0 Å². The van der Waals surface area contributed by atoms with E-state index < -0.39 is 0 Å². The first kappa shape index (κ1) is 11.3. The van der Waals surface area contributed by atoms with Crippen LogP contribution in [0.4, 0.5) is 0 Å². The Bertz CT molecular complexity index is 489. The van der Waals surface area contributed by atoms with Crippen molar-refractivity contribution in [1.29, 1.82) is 0 Å². The summed E-state index contributed by atoms with van der Waals surface area (Å²) in [6.07, 6.45) is 4.64. The molecule has 1 N–H and O–H groups in total. The van der Waals surface area contributed by atoms with Gasteiger partial charge >= 0.3 is 0 Å². The summed E-state index contributed by atoms with van der Waals surface area (Å²) in [5.41, 5.74) is 0.538. The molecule has 0 aromatic carbocycles. The van der Waals surface area contributed by atoms with Crippen LogP contribution in [-0.4, -0.2) is 31.7 Å². The number of nitrogens with one attached hydrogen (secondary N) is 1. The molecule has 0 aliphatic heterocycles. The minimum atomic E-state index is -0.122. The van der Waals surface area contributed by atoms with E-state index in [1.54, 1.807) is 29.4 Å². The number of hydrogen-bond donors (Lipinski definition) is 1. The first-order chi connectivity index (χ1) is 8.16. The van der Waals surface area contributed by atoms with Crippen LogP contribution in [0.3, 0.4) is 0 Å². The van der Waals surface area contributed by atoms with Gasteiger partial charge in [0.25, 0.3) is 5.91 Å². The quantitative estimate of drug-likeness (QED) is 0.848. The van der Waals surface area contributed by atoms with Gasteiger partial charge in [-0.2, -0.15) is 0 Å². The third kappa shape index (κ3) is 2.66. The molecule has 0 saturated carbocycles. The SMILES string of the molecule is CC(C)NC(=O)c1ccc(-n2cnnc2)nc1. The number of nitrogens with zero attached hydrogens (tertiary/aromatic N) is 4. The van der Waals surface area contributed by atoms with Crippen molar-refractivity contribution in [2.45, 2.75) is 19.9 Å². The molecule has 0 fully saturated rings. The molecule has 0 aliphatic rings. The highest BCUT2D eigenvalue weighted by Gasteiger charge is 2.07. The Kier molecular flexibility index (Phi) is 3.13. The molecular formula is C11H13N5O. The van der Waals surface area contributed by atoms with Gasteiger partial charge in [-0.3, -0.25) is 9.36 Å². The lowest BCUT2D eigenvalue weighted by Gasteiger charge is -2.08. The van der Waals surface area contributed by atoms with Gasteiger partial charge in [0.15, 0.2) is 0 Å². The first-order valence-electron chi connectivity index (χ1n) is 5.29. The average molecular weight is 231 g/mol. The van der Waals surface area contributed by atoms with E-state index in [0.29, 0.717) is 11.4 Å². The summed E-state index contributed by atoms with van der Waals surface area (Å²) in [5.74, 6) is 0.555. The number of rotatable bonds is 3. The van der Waals surface area contributed by atoms with Crippen molar-refractivity contribution in [3.8, 4) is 5.82 Å². The standard InChI is InChI=1S/C11H13N5O/c1-8(2)15-11(17)9-3-4-10(12-5-9)16-6-13-14-7-16/h3-8H,1-2H3,(H,15,17). The van der Waals surface area contributed by atoms with E-state index in [-0.39, 0.29) is 11.9 Å². The maximum Gasteiger partial charge on any atom is 0.253 e. The molecule has 2 heterocycles. The number of carbonyl (C=O) groups is 1. The molecule has 0 radical (unpaired) electrons. The van der Waals surface area contributed by atoms with Crippen LogP contribution in [-0.2, 0) is 0 Å². The van der Waals surface area contributed by atoms with Crippen molar-refractivity contribution in [3.63, 3.8) is 0 Å². The molecule has 0 atom stereocenters. The zero-order valence-corrected chi connectivity index (χ0v) is 9.66. The molecule has 0 saturated heterocycles. The maximum atomic E-state index is 11.7. The molecule has 0 aliphatic carbocycles. The molecule has 1 amide bonds. The van der Waals surface area contributed by atoms with E-state index in [0.717, 1.165) is 0 Å². The summed E-state index contributed by atoms with van der Waals surface area (Å²) in [5, 5.41) is 10.2. The Hall–Kier alpha value is -2.24. The summed E-state index contributed by atoms with van der Waals surface area (Å²) >= 11 is 0. The second-order valence-electron chi connectivity index (χ2n) is 3.90. The lowest BCUT2D eigenvalue weighted by molar-refractivity contribution is 0.0943. The minimum Gasteiger partial charge on any atom is -0.350 e. The molecule has 0 spiro atoms. The highest BCUT2D eigenvalue weighted by molar-refractivity contribution is 5.94. The van der Waals surface area contributed by atoms with Crippen molar-refractivity contribution >= 4 is 5.91 Å². The van der Waals surface area contributed by atoms with Crippen LogP contribution >= 0.6 is 0 Å². The van der Waals surface area contributed by atoms with Gasteiger partial charge in [-0.25, -0.2) is 4.98 Å². The third-order valence-electron chi connectivity index (χ3n) is 2.11. The summed E-state index contributed by atoms with van der Waals surface area (Å²) in [6.45, 7) is 3.83. The van der Waals surface area contributed by atoms with Gasteiger partial charge in [0, 0.05) is 12.2 Å². The molecule has 0 unspecified atom stereocenters. The second-order valence-corrected chi connectivity index (χ2v) is 3.90. The number of carbonyl (C=O) groups excluding carboxylic acids is 1. The predicted octanol–water partition coefficient (Wildman–Crippen LogP) is 0.800. The fourth-order valence-corrected chi connectivity index (χ4v) is 1.34. The van der Waals surface area contributed by atoms with E-state index in [9.17, 15) is 4.79 Å². The van der Waals surface area contributed by atoms with E-state index in [4.69, 9.17) is 0 Å². The first-order valence-corrected chi connectivity index (χ1v) is 5.29. The van der Waals surface area contributed by atoms with E-state index in [1.165, 1.54) is 6.20 Å². The van der Waals surface area contributed by atoms with E-state index in [2.05, 4.69) is 20.5 Å². The largest absolute Gasteiger partial charge is 0.350 e. The molecule has 2 aromatic rings. The van der Waals surface area contributed by atoms with E-state index >= 15 is 0 Å². The van der Waals surface area contributed by atoms with Crippen LogP contribution in [0.25, 0.3) is 5.82 Å². The molecule has 6 heteroatoms. The normalized spacial score (nSPS) is 10.5. The van der Waals surface area contributed by atoms with Crippen LogP contribution < -0.4 is 5.32 Å². The smallest absolute Gasteiger partial charge is 0.253 e. The fourth-order valence-electron chi connectivity index (χ4n) is 1.34. The molecule has 88 valence electrons. The maximum absolute atomic E-state index is 11.7. The summed E-state index contributed by atoms with van der Waals surface area (Å²) < 4.78 is 1.67. The topological polar surface area (TPSA) is 72.7 Å². The Balaban J connectivity index is 2.16. The number of amides is 1. The minimum absolute atomic E-state index is 0.111. The Labute approximate surface area is 98.7 Å². The van der Waals surface area contributed by atoms with Gasteiger partial charge in [0.05, 0.1) is 5.56 Å². The highest BCUT2D eigenvalue weighted by atomic mass is 16.1. The summed E-state index contributed by atoms with van der Waals surface area (Å²) in [6, 6.07) is 3.58. The Morgan fingerprint density at radius 2 is 2.00 bits per heavy atom. The van der Waals surface area contributed by atoms with Crippen molar-refractivity contribution in [1.82, 2.24) is 25.1 Å². The van der Waals surface area contributed by atoms with E-state index in [1.807, 2.05) is 13.8 Å².